The second-order valence-corrected chi connectivity index (χ2v) is 9.91. The molecule has 0 saturated carbocycles. The van der Waals surface area contributed by atoms with Gasteiger partial charge in [0.2, 0.25) is 23.6 Å². The summed E-state index contributed by atoms with van der Waals surface area (Å²) in [6, 6.07) is -5.18. The molecule has 0 bridgehead atoms. The van der Waals surface area contributed by atoms with E-state index in [1.54, 1.807) is 0 Å². The molecule has 1 rings (SSSR count). The van der Waals surface area contributed by atoms with Gasteiger partial charge in [-0.2, -0.15) is 0 Å². The summed E-state index contributed by atoms with van der Waals surface area (Å²) in [6.07, 6.45) is 2.02. The molecule has 1 aliphatic heterocycles. The van der Waals surface area contributed by atoms with Crippen molar-refractivity contribution in [3.63, 3.8) is 0 Å². The number of rotatable bonds is 17. The largest absolute Gasteiger partial charge is 0.481 e. The molecule has 0 aliphatic carbocycles. The van der Waals surface area contributed by atoms with Gasteiger partial charge in [0.05, 0.1) is 12.5 Å². The second kappa shape index (κ2) is 16.6. The Morgan fingerprint density at radius 1 is 0.868 bits per heavy atom. The molecular formula is C24H42N6O8. The van der Waals surface area contributed by atoms with Crippen molar-refractivity contribution >= 4 is 35.6 Å². The summed E-state index contributed by atoms with van der Waals surface area (Å²) in [6.45, 7) is 6.25. The van der Waals surface area contributed by atoms with E-state index in [0.717, 1.165) is 13.0 Å². The van der Waals surface area contributed by atoms with Gasteiger partial charge in [-0.05, 0) is 64.5 Å². The van der Waals surface area contributed by atoms with Gasteiger partial charge in [-0.25, -0.2) is 4.79 Å². The average Bonchev–Trinajstić information content (AvgIpc) is 3.37. The third-order valence-electron chi connectivity index (χ3n) is 6.04. The van der Waals surface area contributed by atoms with Gasteiger partial charge in [-0.1, -0.05) is 13.8 Å². The third-order valence-corrected chi connectivity index (χ3v) is 6.04. The van der Waals surface area contributed by atoms with Crippen molar-refractivity contribution in [2.45, 2.75) is 95.9 Å². The Bertz CT molecular complexity index is 846. The van der Waals surface area contributed by atoms with Crippen molar-refractivity contribution < 1.29 is 39.0 Å². The molecule has 0 unspecified atom stereocenters. The first-order valence-corrected chi connectivity index (χ1v) is 12.9. The van der Waals surface area contributed by atoms with E-state index in [1.165, 1.54) is 6.92 Å². The molecule has 4 amide bonds. The molecule has 0 aromatic heterocycles. The van der Waals surface area contributed by atoms with E-state index >= 15 is 0 Å². The summed E-state index contributed by atoms with van der Waals surface area (Å²) >= 11 is 0. The standard InChI is InChI=1S/C24H42N6O8/c1-13(2)11-17(29-20(33)14(3)27-21(34)15-8-6-10-26-15)23(36)28-16(7-4-5-9-25)22(35)30-18(24(37)38)12-19(31)32/h13-18,26H,4-12,25H2,1-3H3,(H,27,34)(H,28,36)(H,29,33)(H,30,35)(H,31,32)(H,37,38)/t14-,15-,16-,17-,18-/m0/s1. The lowest BCUT2D eigenvalue weighted by Gasteiger charge is -2.26. The first-order valence-electron chi connectivity index (χ1n) is 12.9. The van der Waals surface area contributed by atoms with Crippen LogP contribution in [0.15, 0.2) is 0 Å². The number of carbonyl (C=O) groups is 6. The summed E-state index contributed by atoms with van der Waals surface area (Å²) < 4.78 is 0. The number of unbranched alkanes of at least 4 members (excludes halogenated alkanes) is 1. The lowest BCUT2D eigenvalue weighted by molar-refractivity contribution is -0.147. The summed E-state index contributed by atoms with van der Waals surface area (Å²) in [4.78, 5) is 73.5. The third kappa shape index (κ3) is 11.9. The van der Waals surface area contributed by atoms with Crippen LogP contribution in [0.5, 0.6) is 0 Å². The Balaban J connectivity index is 2.93. The fourth-order valence-electron chi connectivity index (χ4n) is 3.97. The molecule has 0 radical (unpaired) electrons. The van der Waals surface area contributed by atoms with Crippen LogP contribution >= 0.6 is 0 Å². The highest BCUT2D eigenvalue weighted by Gasteiger charge is 2.32. The van der Waals surface area contributed by atoms with Gasteiger partial charge < -0.3 is 42.5 Å². The molecule has 1 fully saturated rings. The fourth-order valence-corrected chi connectivity index (χ4v) is 3.97. The molecule has 216 valence electrons. The summed E-state index contributed by atoms with van der Waals surface area (Å²) in [5.74, 6) is -5.36. The molecular weight excluding hydrogens is 500 g/mol. The highest BCUT2D eigenvalue weighted by Crippen LogP contribution is 2.09. The van der Waals surface area contributed by atoms with Crippen molar-refractivity contribution in [3.8, 4) is 0 Å². The van der Waals surface area contributed by atoms with Crippen molar-refractivity contribution in [3.05, 3.63) is 0 Å². The topological polar surface area (TPSA) is 229 Å². The quantitative estimate of drug-likeness (QED) is 0.0984. The van der Waals surface area contributed by atoms with Gasteiger partial charge >= 0.3 is 11.9 Å². The van der Waals surface area contributed by atoms with Crippen LogP contribution < -0.4 is 32.3 Å². The molecule has 9 N–H and O–H groups in total. The molecule has 1 aliphatic rings. The minimum atomic E-state index is -1.68. The van der Waals surface area contributed by atoms with E-state index in [4.69, 9.17) is 10.8 Å². The number of carboxylic acids is 2. The Labute approximate surface area is 222 Å². The summed E-state index contributed by atoms with van der Waals surface area (Å²) in [7, 11) is 0. The molecule has 0 aromatic rings. The number of aliphatic carboxylic acids is 2. The zero-order valence-corrected chi connectivity index (χ0v) is 22.2. The van der Waals surface area contributed by atoms with Gasteiger partial charge in [0.25, 0.3) is 0 Å². The number of hydrogen-bond donors (Lipinski definition) is 8. The van der Waals surface area contributed by atoms with Crippen LogP contribution in [0.25, 0.3) is 0 Å². The lowest BCUT2D eigenvalue weighted by atomic mass is 10.0. The highest BCUT2D eigenvalue weighted by molar-refractivity contribution is 5.95. The van der Waals surface area contributed by atoms with Crippen LogP contribution in [0.2, 0.25) is 0 Å². The van der Waals surface area contributed by atoms with E-state index in [0.29, 0.717) is 25.8 Å². The van der Waals surface area contributed by atoms with E-state index in [1.807, 2.05) is 13.8 Å². The Hall–Kier alpha value is -3.26. The summed E-state index contributed by atoms with van der Waals surface area (Å²) in [5.41, 5.74) is 5.52. The maximum absolute atomic E-state index is 13.2. The normalized spacial score (nSPS) is 18.1. The fraction of sp³-hybridized carbons (Fsp3) is 0.750. The van der Waals surface area contributed by atoms with Crippen molar-refractivity contribution in [2.75, 3.05) is 13.1 Å². The van der Waals surface area contributed by atoms with Crippen LogP contribution in [0.3, 0.4) is 0 Å². The zero-order chi connectivity index (χ0) is 28.8. The van der Waals surface area contributed by atoms with E-state index in [9.17, 15) is 33.9 Å². The minimum Gasteiger partial charge on any atom is -0.481 e. The predicted molar refractivity (Wildman–Crippen MR) is 137 cm³/mol. The van der Waals surface area contributed by atoms with Crippen LogP contribution in [-0.4, -0.2) is 89.1 Å². The maximum Gasteiger partial charge on any atom is 0.326 e. The monoisotopic (exact) mass is 542 g/mol. The lowest BCUT2D eigenvalue weighted by Crippen LogP contribution is -2.58. The van der Waals surface area contributed by atoms with E-state index < -0.39 is 60.2 Å². The SMILES string of the molecule is CC(C)C[C@H](NC(=O)[C@H](C)NC(=O)[C@@H]1CCCN1)C(=O)N[C@@H](CCCCN)C(=O)N[C@@H](CC(=O)O)C(=O)O. The number of carbonyl (C=O) groups excluding carboxylic acids is 4. The van der Waals surface area contributed by atoms with Crippen molar-refractivity contribution in [1.82, 2.24) is 26.6 Å². The number of amides is 4. The Kier molecular flexibility index (Phi) is 14.3. The van der Waals surface area contributed by atoms with Crippen LogP contribution in [0.4, 0.5) is 0 Å². The Morgan fingerprint density at radius 2 is 1.47 bits per heavy atom. The van der Waals surface area contributed by atoms with Gasteiger partial charge in [-0.15, -0.1) is 0 Å². The predicted octanol–water partition coefficient (Wildman–Crippen LogP) is -1.57. The molecule has 0 spiro atoms. The van der Waals surface area contributed by atoms with Gasteiger partial charge in [0, 0.05) is 0 Å². The first kappa shape index (κ1) is 32.8. The smallest absolute Gasteiger partial charge is 0.326 e. The van der Waals surface area contributed by atoms with E-state index in [2.05, 4.69) is 26.6 Å². The number of nitrogens with one attached hydrogen (secondary N) is 5. The number of nitrogens with two attached hydrogens (primary N) is 1. The number of carboxylic acid groups (broad SMARTS) is 2. The minimum absolute atomic E-state index is 0.0184. The number of hydrogen-bond acceptors (Lipinski definition) is 8. The maximum atomic E-state index is 13.2. The zero-order valence-electron chi connectivity index (χ0n) is 22.2. The van der Waals surface area contributed by atoms with Gasteiger partial charge in [0.1, 0.15) is 24.2 Å². The average molecular weight is 543 g/mol. The Morgan fingerprint density at radius 3 is 2.00 bits per heavy atom. The van der Waals surface area contributed by atoms with Crippen LogP contribution in [0, 0.1) is 5.92 Å². The molecule has 1 heterocycles. The van der Waals surface area contributed by atoms with Crippen molar-refractivity contribution in [2.24, 2.45) is 11.7 Å². The van der Waals surface area contributed by atoms with E-state index in [-0.39, 0.29) is 30.7 Å². The molecule has 0 aromatic carbocycles. The second-order valence-electron chi connectivity index (χ2n) is 9.91. The molecule has 38 heavy (non-hydrogen) atoms. The molecule has 5 atom stereocenters. The molecule has 1 saturated heterocycles. The summed E-state index contributed by atoms with van der Waals surface area (Å²) in [5, 5.41) is 31.2. The first-order chi connectivity index (χ1) is 17.8. The van der Waals surface area contributed by atoms with Gasteiger partial charge in [-0.3, -0.25) is 24.0 Å². The van der Waals surface area contributed by atoms with Crippen LogP contribution in [0.1, 0.15) is 65.7 Å². The molecule has 14 nitrogen and oxygen atoms in total. The van der Waals surface area contributed by atoms with Crippen LogP contribution in [-0.2, 0) is 28.8 Å². The highest BCUT2D eigenvalue weighted by atomic mass is 16.4. The van der Waals surface area contributed by atoms with Crippen molar-refractivity contribution in [1.29, 1.82) is 0 Å². The molecule has 14 heteroatoms. The van der Waals surface area contributed by atoms with Gasteiger partial charge in [0.15, 0.2) is 0 Å².